The molecule has 0 radical (unpaired) electrons. The molecule has 0 aliphatic heterocycles. The lowest BCUT2D eigenvalue weighted by Crippen LogP contribution is -2.14. The van der Waals surface area contributed by atoms with E-state index in [-0.39, 0.29) is 0 Å². The SMILES string of the molecule is COc1ccccc1N(C)c1ncc(C=O)cc1C. The van der Waals surface area contributed by atoms with Gasteiger partial charge < -0.3 is 9.64 Å². The minimum Gasteiger partial charge on any atom is -0.495 e. The molecule has 0 saturated carbocycles. The summed E-state index contributed by atoms with van der Waals surface area (Å²) in [6.45, 7) is 1.93. The molecule has 2 rings (SSSR count). The predicted molar refractivity (Wildman–Crippen MR) is 75.4 cm³/mol. The van der Waals surface area contributed by atoms with Crippen molar-refractivity contribution in [2.75, 3.05) is 19.1 Å². The lowest BCUT2D eigenvalue weighted by Gasteiger charge is -2.22. The lowest BCUT2D eigenvalue weighted by atomic mass is 10.2. The minimum atomic E-state index is 0.578. The molecule has 1 aromatic carbocycles. The molecule has 4 nitrogen and oxygen atoms in total. The number of nitrogens with zero attached hydrogens (tertiary/aromatic N) is 2. The van der Waals surface area contributed by atoms with Crippen LogP contribution in [-0.2, 0) is 0 Å². The molecule has 2 aromatic rings. The zero-order valence-electron chi connectivity index (χ0n) is 11.3. The van der Waals surface area contributed by atoms with E-state index in [1.54, 1.807) is 13.3 Å². The number of para-hydroxylation sites is 2. The number of anilines is 2. The first-order valence-corrected chi connectivity index (χ1v) is 5.96. The van der Waals surface area contributed by atoms with E-state index in [1.165, 1.54) is 0 Å². The molecule has 0 saturated heterocycles. The normalized spacial score (nSPS) is 10.1. The monoisotopic (exact) mass is 256 g/mol. The summed E-state index contributed by atoms with van der Waals surface area (Å²) < 4.78 is 5.35. The average molecular weight is 256 g/mol. The van der Waals surface area contributed by atoms with Crippen LogP contribution in [0.4, 0.5) is 11.5 Å². The van der Waals surface area contributed by atoms with Crippen molar-refractivity contribution in [1.29, 1.82) is 0 Å². The Morgan fingerprint density at radius 2 is 2.05 bits per heavy atom. The molecule has 0 unspecified atom stereocenters. The molecule has 1 heterocycles. The summed E-state index contributed by atoms with van der Waals surface area (Å²) in [7, 11) is 3.57. The van der Waals surface area contributed by atoms with Gasteiger partial charge in [0.15, 0.2) is 6.29 Å². The minimum absolute atomic E-state index is 0.578. The third-order valence-electron chi connectivity index (χ3n) is 2.97. The van der Waals surface area contributed by atoms with Crippen molar-refractivity contribution in [2.45, 2.75) is 6.92 Å². The van der Waals surface area contributed by atoms with Crippen LogP contribution < -0.4 is 9.64 Å². The van der Waals surface area contributed by atoms with Crippen LogP contribution in [0.1, 0.15) is 15.9 Å². The van der Waals surface area contributed by atoms with Gasteiger partial charge in [-0.1, -0.05) is 12.1 Å². The van der Waals surface area contributed by atoms with Crippen molar-refractivity contribution in [3.63, 3.8) is 0 Å². The number of aryl methyl sites for hydroxylation is 1. The highest BCUT2D eigenvalue weighted by Gasteiger charge is 2.12. The van der Waals surface area contributed by atoms with E-state index in [2.05, 4.69) is 4.98 Å². The van der Waals surface area contributed by atoms with Gasteiger partial charge in [-0.15, -0.1) is 0 Å². The van der Waals surface area contributed by atoms with E-state index in [9.17, 15) is 4.79 Å². The van der Waals surface area contributed by atoms with Crippen molar-refractivity contribution >= 4 is 17.8 Å². The van der Waals surface area contributed by atoms with E-state index >= 15 is 0 Å². The predicted octanol–water partition coefficient (Wildman–Crippen LogP) is 2.98. The van der Waals surface area contributed by atoms with Gasteiger partial charge in [0.1, 0.15) is 11.6 Å². The highest BCUT2D eigenvalue weighted by Crippen LogP contribution is 2.32. The molecule has 0 bridgehead atoms. The summed E-state index contributed by atoms with van der Waals surface area (Å²) in [5, 5.41) is 0. The van der Waals surface area contributed by atoms with Gasteiger partial charge in [-0.2, -0.15) is 0 Å². The molecule has 0 fully saturated rings. The van der Waals surface area contributed by atoms with Crippen LogP contribution in [0.5, 0.6) is 5.75 Å². The Morgan fingerprint density at radius 1 is 1.32 bits per heavy atom. The molecule has 0 aliphatic carbocycles. The fourth-order valence-electron chi connectivity index (χ4n) is 2.03. The van der Waals surface area contributed by atoms with Gasteiger partial charge in [-0.25, -0.2) is 4.98 Å². The molecule has 0 atom stereocenters. The number of ether oxygens (including phenoxy) is 1. The second kappa shape index (κ2) is 5.52. The fraction of sp³-hybridized carbons (Fsp3) is 0.200. The first-order valence-electron chi connectivity index (χ1n) is 5.96. The fourth-order valence-corrected chi connectivity index (χ4v) is 2.03. The molecule has 19 heavy (non-hydrogen) atoms. The van der Waals surface area contributed by atoms with E-state index in [0.717, 1.165) is 29.1 Å². The maximum absolute atomic E-state index is 10.7. The topological polar surface area (TPSA) is 42.4 Å². The smallest absolute Gasteiger partial charge is 0.151 e. The highest BCUT2D eigenvalue weighted by molar-refractivity contribution is 5.76. The van der Waals surface area contributed by atoms with Gasteiger partial charge in [0, 0.05) is 18.8 Å². The van der Waals surface area contributed by atoms with Crippen molar-refractivity contribution < 1.29 is 9.53 Å². The molecule has 0 spiro atoms. The van der Waals surface area contributed by atoms with Crippen LogP contribution >= 0.6 is 0 Å². The summed E-state index contributed by atoms with van der Waals surface area (Å²) in [5.41, 5.74) is 2.45. The third kappa shape index (κ3) is 2.57. The van der Waals surface area contributed by atoms with Crippen LogP contribution in [-0.4, -0.2) is 25.4 Å². The van der Waals surface area contributed by atoms with Crippen LogP contribution in [0.2, 0.25) is 0 Å². The van der Waals surface area contributed by atoms with Crippen molar-refractivity contribution in [1.82, 2.24) is 4.98 Å². The second-order valence-corrected chi connectivity index (χ2v) is 4.26. The molecule has 1 aromatic heterocycles. The summed E-state index contributed by atoms with van der Waals surface area (Å²) in [6, 6.07) is 9.56. The summed E-state index contributed by atoms with van der Waals surface area (Å²) in [4.78, 5) is 17.0. The number of aldehydes is 1. The number of hydrogen-bond donors (Lipinski definition) is 0. The Hall–Kier alpha value is -2.36. The van der Waals surface area contributed by atoms with Crippen LogP contribution in [0.3, 0.4) is 0 Å². The quantitative estimate of drug-likeness (QED) is 0.789. The number of benzene rings is 1. The van der Waals surface area contributed by atoms with E-state index in [4.69, 9.17) is 4.74 Å². The molecule has 98 valence electrons. The summed E-state index contributed by atoms with van der Waals surface area (Å²) in [5.74, 6) is 1.58. The van der Waals surface area contributed by atoms with Crippen molar-refractivity contribution in [2.24, 2.45) is 0 Å². The van der Waals surface area contributed by atoms with Crippen molar-refractivity contribution in [3.8, 4) is 5.75 Å². The highest BCUT2D eigenvalue weighted by atomic mass is 16.5. The molecule has 4 heteroatoms. The van der Waals surface area contributed by atoms with Crippen molar-refractivity contribution in [3.05, 3.63) is 47.7 Å². The average Bonchev–Trinajstić information content (AvgIpc) is 2.46. The first-order chi connectivity index (χ1) is 9.17. The van der Waals surface area contributed by atoms with Crippen LogP contribution in [0.25, 0.3) is 0 Å². The van der Waals surface area contributed by atoms with Gasteiger partial charge in [-0.3, -0.25) is 4.79 Å². The van der Waals surface area contributed by atoms with E-state index in [0.29, 0.717) is 5.56 Å². The Balaban J connectivity index is 2.43. The third-order valence-corrected chi connectivity index (χ3v) is 2.97. The number of pyridine rings is 1. The number of aromatic nitrogens is 1. The number of methoxy groups -OCH3 is 1. The van der Waals surface area contributed by atoms with Crippen LogP contribution in [0, 0.1) is 6.92 Å². The van der Waals surface area contributed by atoms with Gasteiger partial charge in [-0.05, 0) is 30.7 Å². The van der Waals surface area contributed by atoms with E-state index in [1.807, 2.05) is 49.2 Å². The summed E-state index contributed by atoms with van der Waals surface area (Å²) >= 11 is 0. The maximum Gasteiger partial charge on any atom is 0.151 e. The van der Waals surface area contributed by atoms with E-state index < -0.39 is 0 Å². The Bertz CT molecular complexity index is 596. The molecule has 0 aliphatic rings. The molecule has 0 amide bonds. The zero-order valence-corrected chi connectivity index (χ0v) is 11.3. The van der Waals surface area contributed by atoms with Gasteiger partial charge >= 0.3 is 0 Å². The Labute approximate surface area is 112 Å². The van der Waals surface area contributed by atoms with Gasteiger partial charge in [0.2, 0.25) is 0 Å². The van der Waals surface area contributed by atoms with Gasteiger partial charge in [0.25, 0.3) is 0 Å². The number of carbonyl (C=O) groups excluding carboxylic acids is 1. The largest absolute Gasteiger partial charge is 0.495 e. The van der Waals surface area contributed by atoms with Crippen LogP contribution in [0.15, 0.2) is 36.5 Å². The first kappa shape index (κ1) is 13.1. The Morgan fingerprint density at radius 3 is 2.68 bits per heavy atom. The second-order valence-electron chi connectivity index (χ2n) is 4.26. The zero-order chi connectivity index (χ0) is 13.8. The number of rotatable bonds is 4. The van der Waals surface area contributed by atoms with Gasteiger partial charge in [0.05, 0.1) is 12.8 Å². The summed E-state index contributed by atoms with van der Waals surface area (Å²) in [6.07, 6.45) is 2.37. The maximum atomic E-state index is 10.7. The Kier molecular flexibility index (Phi) is 3.80. The standard InChI is InChI=1S/C15H16N2O2/c1-11-8-12(10-18)9-16-15(11)17(2)13-6-4-5-7-14(13)19-3/h4-10H,1-3H3. The molecule has 0 N–H and O–H groups in total. The molecular formula is C15H16N2O2. The molecular weight excluding hydrogens is 240 g/mol. The number of carbonyl (C=O) groups is 1. The lowest BCUT2D eigenvalue weighted by molar-refractivity contribution is 0.112. The number of hydrogen-bond acceptors (Lipinski definition) is 4.